The van der Waals surface area contributed by atoms with Crippen molar-refractivity contribution in [2.45, 2.75) is 39.0 Å². The standard InChI is InChI=1S/C27H29F2N5O2/c1-15-8-19-20(9-15)26(29)22(11-21(19)28)36-27-32-24(31-23-10-18(13-30-23)17-2-3-17)12-25(33-27)34-6-4-16(14-35)5-7-34/h9-12,16-17,35H,2-8,13-14H2,1H3,(H,30,31,32,33). The van der Waals surface area contributed by atoms with Gasteiger partial charge >= 0.3 is 6.01 Å². The fourth-order valence-electron chi connectivity index (χ4n) is 5.12. The Hall–Kier alpha value is -3.33. The number of benzene rings is 1. The van der Waals surface area contributed by atoms with Gasteiger partial charge in [-0.1, -0.05) is 11.6 Å². The fourth-order valence-corrected chi connectivity index (χ4v) is 5.12. The van der Waals surface area contributed by atoms with Gasteiger partial charge in [0.15, 0.2) is 11.6 Å². The number of nitrogens with one attached hydrogen (secondary N) is 1. The zero-order valence-electron chi connectivity index (χ0n) is 20.2. The molecule has 0 bridgehead atoms. The summed E-state index contributed by atoms with van der Waals surface area (Å²) >= 11 is 0. The van der Waals surface area contributed by atoms with E-state index in [4.69, 9.17) is 4.74 Å². The molecule has 2 aromatic rings. The van der Waals surface area contributed by atoms with Gasteiger partial charge in [-0.3, -0.25) is 4.99 Å². The Balaban J connectivity index is 1.31. The molecule has 2 aliphatic heterocycles. The molecule has 3 heterocycles. The Morgan fingerprint density at radius 1 is 1.11 bits per heavy atom. The molecule has 36 heavy (non-hydrogen) atoms. The smallest absolute Gasteiger partial charge is 0.326 e. The van der Waals surface area contributed by atoms with E-state index in [9.17, 15) is 9.50 Å². The number of halogens is 2. The first-order valence-electron chi connectivity index (χ1n) is 12.6. The van der Waals surface area contributed by atoms with Crippen molar-refractivity contribution in [3.63, 3.8) is 0 Å². The molecule has 1 saturated carbocycles. The molecule has 2 aliphatic carbocycles. The molecule has 0 radical (unpaired) electrons. The van der Waals surface area contributed by atoms with Crippen molar-refractivity contribution in [2.75, 3.05) is 36.5 Å². The molecule has 7 nitrogen and oxygen atoms in total. The van der Waals surface area contributed by atoms with Crippen molar-refractivity contribution < 1.29 is 18.6 Å². The van der Waals surface area contributed by atoms with Crippen LogP contribution in [0.25, 0.3) is 6.08 Å². The Kier molecular flexibility index (Phi) is 5.95. The van der Waals surface area contributed by atoms with E-state index in [1.807, 2.05) is 13.0 Å². The summed E-state index contributed by atoms with van der Waals surface area (Å²) < 4.78 is 35.7. The number of amidine groups is 1. The van der Waals surface area contributed by atoms with Crippen LogP contribution in [-0.2, 0) is 6.42 Å². The number of hydrogen-bond acceptors (Lipinski definition) is 7. The van der Waals surface area contributed by atoms with Gasteiger partial charge in [0, 0.05) is 43.0 Å². The van der Waals surface area contributed by atoms with Gasteiger partial charge in [0.25, 0.3) is 0 Å². The minimum Gasteiger partial charge on any atom is -0.421 e. The Bertz CT molecular complexity index is 1290. The average Bonchev–Trinajstić information content (AvgIpc) is 3.49. The lowest BCUT2D eigenvalue weighted by Crippen LogP contribution is -2.35. The second-order valence-electron chi connectivity index (χ2n) is 10.2. The molecule has 4 aliphatic rings. The third kappa shape index (κ3) is 4.59. The summed E-state index contributed by atoms with van der Waals surface area (Å²) in [5.41, 5.74) is 2.79. The Morgan fingerprint density at radius 2 is 1.92 bits per heavy atom. The van der Waals surface area contributed by atoms with Gasteiger partial charge in [0.1, 0.15) is 23.3 Å². The van der Waals surface area contributed by atoms with Crippen molar-refractivity contribution in [3.05, 3.63) is 52.1 Å². The molecule has 1 aromatic heterocycles. The molecule has 6 rings (SSSR count). The first-order valence-corrected chi connectivity index (χ1v) is 12.6. The minimum absolute atomic E-state index is 0.0683. The van der Waals surface area contributed by atoms with Gasteiger partial charge in [-0.25, -0.2) is 8.78 Å². The molecule has 0 amide bonds. The van der Waals surface area contributed by atoms with Crippen LogP contribution in [0.5, 0.6) is 11.8 Å². The Morgan fingerprint density at radius 3 is 2.67 bits per heavy atom. The van der Waals surface area contributed by atoms with E-state index in [1.54, 1.807) is 6.08 Å². The average molecular weight is 494 g/mol. The summed E-state index contributed by atoms with van der Waals surface area (Å²) in [7, 11) is 0. The number of aliphatic imine (C=N–C) groups is 1. The van der Waals surface area contributed by atoms with E-state index in [1.165, 1.54) is 18.4 Å². The zero-order valence-corrected chi connectivity index (χ0v) is 20.2. The largest absolute Gasteiger partial charge is 0.421 e. The van der Waals surface area contributed by atoms with Crippen LogP contribution in [0.1, 0.15) is 43.7 Å². The highest BCUT2D eigenvalue weighted by atomic mass is 19.1. The number of allylic oxidation sites excluding steroid dienone is 1. The number of ether oxygens (including phenoxy) is 1. The maximum atomic E-state index is 15.2. The summed E-state index contributed by atoms with van der Waals surface area (Å²) in [4.78, 5) is 15.7. The topological polar surface area (TPSA) is 82.9 Å². The maximum absolute atomic E-state index is 15.2. The lowest BCUT2D eigenvalue weighted by Gasteiger charge is -2.32. The third-order valence-corrected chi connectivity index (χ3v) is 7.37. The number of aliphatic hydroxyl groups excluding tert-OH is 1. The summed E-state index contributed by atoms with van der Waals surface area (Å²) in [5.74, 6) is 1.37. The van der Waals surface area contributed by atoms with E-state index < -0.39 is 11.6 Å². The van der Waals surface area contributed by atoms with Crippen LogP contribution in [0.2, 0.25) is 0 Å². The fraction of sp³-hybridized carbons (Fsp3) is 0.444. The van der Waals surface area contributed by atoms with E-state index in [2.05, 4.69) is 31.3 Å². The van der Waals surface area contributed by atoms with Crippen LogP contribution in [0.3, 0.4) is 0 Å². The second-order valence-corrected chi connectivity index (χ2v) is 10.2. The molecular formula is C27H29F2N5O2. The predicted octanol–water partition coefficient (Wildman–Crippen LogP) is 4.88. The molecule has 2 N–H and O–H groups in total. The van der Waals surface area contributed by atoms with Gasteiger partial charge in [0.05, 0.1) is 6.54 Å². The van der Waals surface area contributed by atoms with Crippen LogP contribution >= 0.6 is 0 Å². The summed E-state index contributed by atoms with van der Waals surface area (Å²) in [6, 6.07) is 2.83. The van der Waals surface area contributed by atoms with E-state index in [0.717, 1.165) is 43.4 Å². The lowest BCUT2D eigenvalue weighted by molar-refractivity contribution is 0.202. The van der Waals surface area contributed by atoms with Crippen LogP contribution in [0, 0.1) is 23.5 Å². The van der Waals surface area contributed by atoms with Gasteiger partial charge < -0.3 is 20.1 Å². The molecule has 1 saturated heterocycles. The van der Waals surface area contributed by atoms with Crippen molar-refractivity contribution in [3.8, 4) is 11.8 Å². The Labute approximate surface area is 208 Å². The van der Waals surface area contributed by atoms with Crippen LogP contribution in [-0.4, -0.2) is 47.2 Å². The zero-order chi connectivity index (χ0) is 24.8. The normalized spacial score (nSPS) is 19.7. The number of piperidine rings is 1. The molecule has 0 atom stereocenters. The molecule has 9 heteroatoms. The summed E-state index contributed by atoms with van der Waals surface area (Å²) in [5, 5.41) is 12.7. The second kappa shape index (κ2) is 9.28. The van der Waals surface area contributed by atoms with Crippen LogP contribution in [0.4, 0.5) is 20.4 Å². The highest BCUT2D eigenvalue weighted by Gasteiger charge is 2.28. The number of rotatable bonds is 6. The van der Waals surface area contributed by atoms with Gasteiger partial charge in [0.2, 0.25) is 0 Å². The molecule has 188 valence electrons. The first kappa shape index (κ1) is 23.1. The summed E-state index contributed by atoms with van der Waals surface area (Å²) in [6.07, 6.45) is 8.22. The molecule has 2 fully saturated rings. The van der Waals surface area contributed by atoms with Gasteiger partial charge in [-0.2, -0.15) is 9.97 Å². The van der Waals surface area contributed by atoms with Crippen molar-refractivity contribution >= 4 is 23.5 Å². The van der Waals surface area contributed by atoms with Crippen LogP contribution in [0.15, 0.2) is 34.3 Å². The van der Waals surface area contributed by atoms with Crippen LogP contribution < -0.4 is 15.0 Å². The van der Waals surface area contributed by atoms with Crippen molar-refractivity contribution in [1.29, 1.82) is 0 Å². The number of hydrogen-bond donors (Lipinski definition) is 2. The number of anilines is 2. The number of fused-ring (bicyclic) bond motifs is 1. The van der Waals surface area contributed by atoms with Gasteiger partial charge in [-0.15, -0.1) is 0 Å². The first-order chi connectivity index (χ1) is 17.5. The summed E-state index contributed by atoms with van der Waals surface area (Å²) in [6.45, 7) is 4.15. The monoisotopic (exact) mass is 493 g/mol. The van der Waals surface area contributed by atoms with Crippen molar-refractivity contribution in [1.82, 2.24) is 9.97 Å². The van der Waals surface area contributed by atoms with Crippen molar-refractivity contribution in [2.24, 2.45) is 16.8 Å². The van der Waals surface area contributed by atoms with E-state index in [-0.39, 0.29) is 29.8 Å². The quantitative estimate of drug-likeness (QED) is 0.597. The maximum Gasteiger partial charge on any atom is 0.326 e. The molecular weight excluding hydrogens is 464 g/mol. The number of aliphatic hydroxyl groups is 1. The molecule has 0 unspecified atom stereocenters. The van der Waals surface area contributed by atoms with E-state index >= 15 is 4.39 Å². The SMILES string of the molecule is CC1=Cc2c(F)c(Oc3nc(NC4=NCC(C5CC5)=C4)cc(N4CCC(CO)CC4)n3)cc(F)c2C1. The minimum atomic E-state index is -0.618. The number of nitrogens with zero attached hydrogens (tertiary/aromatic N) is 4. The number of aromatic nitrogens is 2. The highest BCUT2D eigenvalue weighted by molar-refractivity contribution is 6.05. The third-order valence-electron chi connectivity index (χ3n) is 7.37. The highest BCUT2D eigenvalue weighted by Crippen LogP contribution is 2.38. The van der Waals surface area contributed by atoms with E-state index in [0.29, 0.717) is 36.1 Å². The predicted molar refractivity (Wildman–Crippen MR) is 135 cm³/mol. The molecule has 1 aromatic carbocycles. The molecule has 0 spiro atoms. The van der Waals surface area contributed by atoms with Gasteiger partial charge in [-0.05, 0) is 62.5 Å². The lowest BCUT2D eigenvalue weighted by atomic mass is 9.98.